The molecule has 0 bridgehead atoms. The zero-order valence-corrected chi connectivity index (χ0v) is 12.6. The van der Waals surface area contributed by atoms with Crippen molar-refractivity contribution in [2.75, 3.05) is 19.8 Å². The molecular weight excluding hydrogens is 266 g/mol. The van der Waals surface area contributed by atoms with E-state index in [-0.39, 0.29) is 11.9 Å². The SMILES string of the molecule is CC[C@H]1COCCN1C(=O)Cc1ccc2nc(C)[nH]c2c1. The number of aryl methyl sites for hydroxylation is 1. The van der Waals surface area contributed by atoms with Gasteiger partial charge in [-0.1, -0.05) is 13.0 Å². The molecule has 2 heterocycles. The van der Waals surface area contributed by atoms with Gasteiger partial charge in [0.25, 0.3) is 0 Å². The molecule has 0 spiro atoms. The number of aromatic amines is 1. The lowest BCUT2D eigenvalue weighted by atomic mass is 10.1. The average molecular weight is 287 g/mol. The van der Waals surface area contributed by atoms with Crippen LogP contribution in [-0.2, 0) is 16.0 Å². The van der Waals surface area contributed by atoms with Gasteiger partial charge in [0.1, 0.15) is 5.82 Å². The fraction of sp³-hybridized carbons (Fsp3) is 0.500. The maximum atomic E-state index is 12.5. The molecule has 1 aliphatic heterocycles. The summed E-state index contributed by atoms with van der Waals surface area (Å²) in [5, 5.41) is 0. The van der Waals surface area contributed by atoms with Crippen LogP contribution in [0.2, 0.25) is 0 Å². The third kappa shape index (κ3) is 2.93. The molecule has 112 valence electrons. The van der Waals surface area contributed by atoms with Crippen LogP contribution in [-0.4, -0.2) is 46.6 Å². The summed E-state index contributed by atoms with van der Waals surface area (Å²) in [5.41, 5.74) is 2.96. The van der Waals surface area contributed by atoms with Gasteiger partial charge < -0.3 is 14.6 Å². The summed E-state index contributed by atoms with van der Waals surface area (Å²) in [5.74, 6) is 1.08. The van der Waals surface area contributed by atoms with Crippen molar-refractivity contribution in [3.8, 4) is 0 Å². The quantitative estimate of drug-likeness (QED) is 0.940. The van der Waals surface area contributed by atoms with E-state index in [1.54, 1.807) is 0 Å². The third-order valence-corrected chi connectivity index (χ3v) is 4.04. The number of morpholine rings is 1. The number of carbonyl (C=O) groups excluding carboxylic acids is 1. The average Bonchev–Trinajstić information content (AvgIpc) is 2.86. The minimum atomic E-state index is 0.181. The van der Waals surface area contributed by atoms with Crippen LogP contribution < -0.4 is 0 Å². The molecular formula is C16H21N3O2. The Balaban J connectivity index is 1.75. The highest BCUT2D eigenvalue weighted by atomic mass is 16.5. The maximum absolute atomic E-state index is 12.5. The van der Waals surface area contributed by atoms with Crippen LogP contribution in [0.3, 0.4) is 0 Å². The Kier molecular flexibility index (Phi) is 3.92. The Morgan fingerprint density at radius 1 is 1.52 bits per heavy atom. The van der Waals surface area contributed by atoms with E-state index < -0.39 is 0 Å². The summed E-state index contributed by atoms with van der Waals surface area (Å²) in [7, 11) is 0. The highest BCUT2D eigenvalue weighted by Gasteiger charge is 2.25. The van der Waals surface area contributed by atoms with E-state index in [2.05, 4.69) is 16.9 Å². The van der Waals surface area contributed by atoms with Gasteiger partial charge >= 0.3 is 0 Å². The van der Waals surface area contributed by atoms with Gasteiger partial charge in [-0.25, -0.2) is 4.98 Å². The van der Waals surface area contributed by atoms with Gasteiger partial charge in [0, 0.05) is 6.54 Å². The molecule has 1 atom stereocenters. The third-order valence-electron chi connectivity index (χ3n) is 4.04. The second kappa shape index (κ2) is 5.85. The van der Waals surface area contributed by atoms with Crippen LogP contribution in [0.25, 0.3) is 11.0 Å². The predicted molar refractivity (Wildman–Crippen MR) is 81.1 cm³/mol. The zero-order valence-electron chi connectivity index (χ0n) is 12.6. The normalized spacial score (nSPS) is 19.1. The lowest BCUT2D eigenvalue weighted by molar-refractivity contribution is -0.139. The van der Waals surface area contributed by atoms with Crippen molar-refractivity contribution in [1.29, 1.82) is 0 Å². The summed E-state index contributed by atoms with van der Waals surface area (Å²) in [6.45, 7) is 6.02. The van der Waals surface area contributed by atoms with Crippen LogP contribution >= 0.6 is 0 Å². The molecule has 1 N–H and O–H groups in total. The first-order valence-corrected chi connectivity index (χ1v) is 7.50. The van der Waals surface area contributed by atoms with Crippen LogP contribution in [0.5, 0.6) is 0 Å². The first-order valence-electron chi connectivity index (χ1n) is 7.50. The van der Waals surface area contributed by atoms with E-state index in [1.165, 1.54) is 0 Å². The summed E-state index contributed by atoms with van der Waals surface area (Å²) in [6, 6.07) is 6.19. The molecule has 0 unspecified atom stereocenters. The smallest absolute Gasteiger partial charge is 0.227 e. The minimum absolute atomic E-state index is 0.181. The van der Waals surface area contributed by atoms with Crippen molar-refractivity contribution in [1.82, 2.24) is 14.9 Å². The fourth-order valence-corrected chi connectivity index (χ4v) is 2.89. The number of fused-ring (bicyclic) bond motifs is 1. The zero-order chi connectivity index (χ0) is 14.8. The number of nitrogens with one attached hydrogen (secondary N) is 1. The molecule has 1 saturated heterocycles. The molecule has 0 saturated carbocycles. The number of nitrogens with zero attached hydrogens (tertiary/aromatic N) is 2. The molecule has 3 rings (SSSR count). The number of aromatic nitrogens is 2. The topological polar surface area (TPSA) is 58.2 Å². The lowest BCUT2D eigenvalue weighted by Gasteiger charge is -2.35. The second-order valence-electron chi connectivity index (χ2n) is 5.57. The summed E-state index contributed by atoms with van der Waals surface area (Å²) in [6.07, 6.45) is 1.37. The number of H-pyrrole nitrogens is 1. The highest BCUT2D eigenvalue weighted by molar-refractivity contribution is 5.82. The molecule has 0 aliphatic carbocycles. The van der Waals surface area contributed by atoms with Crippen molar-refractivity contribution >= 4 is 16.9 Å². The predicted octanol–water partition coefficient (Wildman–Crippen LogP) is 2.05. The molecule has 1 aromatic carbocycles. The number of ether oxygens (including phenoxy) is 1. The number of benzene rings is 1. The Morgan fingerprint density at radius 3 is 3.19 bits per heavy atom. The van der Waals surface area contributed by atoms with Gasteiger partial charge in [0.2, 0.25) is 5.91 Å². The van der Waals surface area contributed by atoms with Crippen LogP contribution in [0.4, 0.5) is 0 Å². The number of amides is 1. The number of hydrogen-bond acceptors (Lipinski definition) is 3. The summed E-state index contributed by atoms with van der Waals surface area (Å²) in [4.78, 5) is 22.1. The van der Waals surface area contributed by atoms with Crippen molar-refractivity contribution in [3.63, 3.8) is 0 Å². The van der Waals surface area contributed by atoms with Gasteiger partial charge in [0.05, 0.1) is 36.7 Å². The first-order chi connectivity index (χ1) is 10.2. The van der Waals surface area contributed by atoms with Gasteiger partial charge in [-0.15, -0.1) is 0 Å². The van der Waals surface area contributed by atoms with Crippen molar-refractivity contribution in [3.05, 3.63) is 29.6 Å². The molecule has 1 amide bonds. The van der Waals surface area contributed by atoms with Crippen LogP contribution in [0.15, 0.2) is 18.2 Å². The molecule has 1 aromatic heterocycles. The Morgan fingerprint density at radius 2 is 2.38 bits per heavy atom. The molecule has 5 nitrogen and oxygen atoms in total. The van der Waals surface area contributed by atoms with E-state index in [1.807, 2.05) is 30.0 Å². The Hall–Kier alpha value is -1.88. The highest BCUT2D eigenvalue weighted by Crippen LogP contribution is 2.16. The van der Waals surface area contributed by atoms with E-state index in [9.17, 15) is 4.79 Å². The fourth-order valence-electron chi connectivity index (χ4n) is 2.89. The second-order valence-corrected chi connectivity index (χ2v) is 5.57. The number of rotatable bonds is 3. The van der Waals surface area contributed by atoms with Gasteiger partial charge in [-0.05, 0) is 31.0 Å². The van der Waals surface area contributed by atoms with Crippen LogP contribution in [0, 0.1) is 6.92 Å². The first kappa shape index (κ1) is 14.1. The monoisotopic (exact) mass is 287 g/mol. The van der Waals surface area contributed by atoms with E-state index >= 15 is 0 Å². The molecule has 5 heteroatoms. The molecule has 2 aromatic rings. The maximum Gasteiger partial charge on any atom is 0.227 e. The Bertz CT molecular complexity index is 650. The van der Waals surface area contributed by atoms with Crippen molar-refractivity contribution in [2.45, 2.75) is 32.7 Å². The largest absolute Gasteiger partial charge is 0.377 e. The van der Waals surface area contributed by atoms with Crippen LogP contribution in [0.1, 0.15) is 24.7 Å². The van der Waals surface area contributed by atoms with Gasteiger partial charge in [-0.2, -0.15) is 0 Å². The van der Waals surface area contributed by atoms with E-state index in [4.69, 9.17) is 4.74 Å². The van der Waals surface area contributed by atoms with Crippen molar-refractivity contribution in [2.24, 2.45) is 0 Å². The molecule has 1 fully saturated rings. The van der Waals surface area contributed by atoms with E-state index in [0.717, 1.165) is 28.8 Å². The standard InChI is InChI=1S/C16H21N3O2/c1-3-13-10-21-7-6-19(13)16(20)9-12-4-5-14-15(8-12)18-11(2)17-14/h4-5,8,13H,3,6-7,9-10H2,1-2H3,(H,17,18)/t13-/m0/s1. The Labute approximate surface area is 124 Å². The minimum Gasteiger partial charge on any atom is -0.377 e. The molecule has 0 radical (unpaired) electrons. The number of carbonyl (C=O) groups is 1. The molecule has 21 heavy (non-hydrogen) atoms. The van der Waals surface area contributed by atoms with Crippen molar-refractivity contribution < 1.29 is 9.53 Å². The number of hydrogen-bond donors (Lipinski definition) is 1. The number of imidazole rings is 1. The lowest BCUT2D eigenvalue weighted by Crippen LogP contribution is -2.48. The van der Waals surface area contributed by atoms with Gasteiger partial charge in [-0.3, -0.25) is 4.79 Å². The van der Waals surface area contributed by atoms with E-state index in [0.29, 0.717) is 26.2 Å². The summed E-state index contributed by atoms with van der Waals surface area (Å²) >= 11 is 0. The summed E-state index contributed by atoms with van der Waals surface area (Å²) < 4.78 is 5.46. The molecule has 1 aliphatic rings. The van der Waals surface area contributed by atoms with Gasteiger partial charge in [0.15, 0.2) is 0 Å².